The predicted molar refractivity (Wildman–Crippen MR) is 66.8 cm³/mol. The van der Waals surface area contributed by atoms with E-state index in [4.69, 9.17) is 5.11 Å². The Morgan fingerprint density at radius 3 is 2.93 bits per heavy atom. The molecule has 1 aromatic carbocycles. The van der Waals surface area contributed by atoms with E-state index in [1.165, 1.54) is 5.56 Å². The van der Waals surface area contributed by atoms with Crippen LogP contribution in [-0.4, -0.2) is 17.8 Å². The molecule has 1 atom stereocenters. The molecule has 0 aliphatic rings. The molecule has 0 radical (unpaired) electrons. The summed E-state index contributed by atoms with van der Waals surface area (Å²) in [5.74, 6) is 0. The summed E-state index contributed by atoms with van der Waals surface area (Å²) < 4.78 is 1.12. The second kappa shape index (κ2) is 6.99. The first-order valence-corrected chi connectivity index (χ1v) is 6.10. The van der Waals surface area contributed by atoms with Gasteiger partial charge in [-0.15, -0.1) is 0 Å². The van der Waals surface area contributed by atoms with Crippen molar-refractivity contribution in [3.8, 4) is 0 Å². The Morgan fingerprint density at radius 1 is 1.47 bits per heavy atom. The molecule has 0 heterocycles. The first-order chi connectivity index (χ1) is 7.22. The quantitative estimate of drug-likeness (QED) is 0.834. The Labute approximate surface area is 99.8 Å². The van der Waals surface area contributed by atoms with E-state index < -0.39 is 0 Å². The van der Waals surface area contributed by atoms with Gasteiger partial charge >= 0.3 is 0 Å². The summed E-state index contributed by atoms with van der Waals surface area (Å²) in [6, 6.07) is 8.75. The van der Waals surface area contributed by atoms with Crippen molar-refractivity contribution < 1.29 is 5.11 Å². The van der Waals surface area contributed by atoms with Gasteiger partial charge in [-0.3, -0.25) is 0 Å². The molecule has 0 saturated heterocycles. The maximum absolute atomic E-state index is 8.70. The zero-order valence-electron chi connectivity index (χ0n) is 9.04. The van der Waals surface area contributed by atoms with Gasteiger partial charge in [0.25, 0.3) is 0 Å². The van der Waals surface area contributed by atoms with Crippen LogP contribution in [0, 0.1) is 0 Å². The normalized spacial score (nSPS) is 12.7. The molecular weight excluding hydrogens is 254 g/mol. The third-order valence-electron chi connectivity index (χ3n) is 2.34. The number of hydrogen-bond donors (Lipinski definition) is 2. The van der Waals surface area contributed by atoms with Crippen molar-refractivity contribution in [1.29, 1.82) is 0 Å². The molecule has 0 bridgehead atoms. The summed E-state index contributed by atoms with van der Waals surface area (Å²) in [7, 11) is 0. The van der Waals surface area contributed by atoms with E-state index in [1.807, 2.05) is 12.1 Å². The van der Waals surface area contributed by atoms with Crippen molar-refractivity contribution in [3.05, 3.63) is 34.3 Å². The van der Waals surface area contributed by atoms with Crippen LogP contribution in [0.15, 0.2) is 28.7 Å². The molecule has 15 heavy (non-hydrogen) atoms. The highest BCUT2D eigenvalue weighted by atomic mass is 79.9. The molecule has 2 N–H and O–H groups in total. The first kappa shape index (κ1) is 12.7. The third kappa shape index (κ3) is 5.30. The van der Waals surface area contributed by atoms with Gasteiger partial charge in [-0.25, -0.2) is 0 Å². The van der Waals surface area contributed by atoms with E-state index >= 15 is 0 Å². The molecule has 2 nitrogen and oxygen atoms in total. The Bertz CT molecular complexity index is 291. The Morgan fingerprint density at radius 2 is 2.27 bits per heavy atom. The lowest BCUT2D eigenvalue weighted by Gasteiger charge is -2.13. The highest BCUT2D eigenvalue weighted by Crippen LogP contribution is 2.11. The van der Waals surface area contributed by atoms with Crippen molar-refractivity contribution >= 4 is 15.9 Å². The summed E-state index contributed by atoms with van der Waals surface area (Å²) in [4.78, 5) is 0. The third-order valence-corrected chi connectivity index (χ3v) is 2.83. The second-order valence-electron chi connectivity index (χ2n) is 3.78. The van der Waals surface area contributed by atoms with Gasteiger partial charge in [0.05, 0.1) is 0 Å². The zero-order chi connectivity index (χ0) is 11.1. The van der Waals surface area contributed by atoms with Crippen molar-refractivity contribution in [2.24, 2.45) is 0 Å². The smallest absolute Gasteiger partial charge is 0.0431 e. The maximum Gasteiger partial charge on any atom is 0.0431 e. The van der Waals surface area contributed by atoms with Gasteiger partial charge in [-0.2, -0.15) is 0 Å². The predicted octanol–water partition coefficient (Wildman–Crippen LogP) is 2.70. The van der Waals surface area contributed by atoms with Gasteiger partial charge < -0.3 is 10.4 Å². The lowest BCUT2D eigenvalue weighted by atomic mass is 10.1. The minimum Gasteiger partial charge on any atom is -0.396 e. The number of aliphatic hydroxyl groups excluding tert-OH is 1. The topological polar surface area (TPSA) is 32.3 Å². The van der Waals surface area contributed by atoms with Gasteiger partial charge in [0, 0.05) is 23.7 Å². The molecule has 0 amide bonds. The summed E-state index contributed by atoms with van der Waals surface area (Å²) in [6.45, 7) is 3.31. The molecular formula is C12H18BrNO. The molecule has 0 aliphatic carbocycles. The maximum atomic E-state index is 8.70. The fourth-order valence-corrected chi connectivity index (χ4v) is 1.89. The number of aliphatic hydroxyl groups is 1. The van der Waals surface area contributed by atoms with Crippen LogP contribution < -0.4 is 5.32 Å². The van der Waals surface area contributed by atoms with Crippen LogP contribution in [-0.2, 0) is 6.54 Å². The molecule has 84 valence electrons. The van der Waals surface area contributed by atoms with Crippen LogP contribution in [0.1, 0.15) is 25.3 Å². The number of benzene rings is 1. The van der Waals surface area contributed by atoms with Gasteiger partial charge in [0.15, 0.2) is 0 Å². The molecule has 0 fully saturated rings. The molecule has 0 aliphatic heterocycles. The Balaban J connectivity index is 2.30. The molecule has 0 unspecified atom stereocenters. The lowest BCUT2D eigenvalue weighted by molar-refractivity contribution is 0.276. The number of hydrogen-bond acceptors (Lipinski definition) is 2. The molecule has 3 heteroatoms. The van der Waals surface area contributed by atoms with Crippen molar-refractivity contribution in [2.45, 2.75) is 32.4 Å². The van der Waals surface area contributed by atoms with Crippen LogP contribution >= 0.6 is 15.9 Å². The number of rotatable bonds is 6. The summed E-state index contributed by atoms with van der Waals surface area (Å²) in [6.07, 6.45) is 1.89. The van der Waals surface area contributed by atoms with Gasteiger partial charge in [-0.05, 0) is 37.5 Å². The van der Waals surface area contributed by atoms with Crippen LogP contribution in [0.4, 0.5) is 0 Å². The molecule has 0 spiro atoms. The van der Waals surface area contributed by atoms with Crippen molar-refractivity contribution in [2.75, 3.05) is 6.61 Å². The SMILES string of the molecule is C[C@H](CCCO)NCc1cccc(Br)c1. The monoisotopic (exact) mass is 271 g/mol. The lowest BCUT2D eigenvalue weighted by Crippen LogP contribution is -2.25. The second-order valence-corrected chi connectivity index (χ2v) is 4.69. The average Bonchev–Trinajstić information content (AvgIpc) is 2.23. The van der Waals surface area contributed by atoms with E-state index in [0.717, 1.165) is 23.9 Å². The molecule has 0 saturated carbocycles. The standard InChI is InChI=1S/C12H18BrNO/c1-10(4-3-7-15)14-9-11-5-2-6-12(13)8-11/h2,5-6,8,10,14-15H,3-4,7,9H2,1H3/t10-/m1/s1. The number of nitrogens with one attached hydrogen (secondary N) is 1. The summed E-state index contributed by atoms with van der Waals surface area (Å²) >= 11 is 3.45. The average molecular weight is 272 g/mol. The highest BCUT2D eigenvalue weighted by molar-refractivity contribution is 9.10. The van der Waals surface area contributed by atoms with Gasteiger partial charge in [0.2, 0.25) is 0 Å². The first-order valence-electron chi connectivity index (χ1n) is 5.31. The van der Waals surface area contributed by atoms with Crippen LogP contribution in [0.25, 0.3) is 0 Å². The molecule has 1 aromatic rings. The Kier molecular flexibility index (Phi) is 5.91. The van der Waals surface area contributed by atoms with Gasteiger partial charge in [-0.1, -0.05) is 28.1 Å². The molecule has 0 aromatic heterocycles. The van der Waals surface area contributed by atoms with E-state index in [2.05, 4.69) is 40.3 Å². The Hall–Kier alpha value is -0.380. The summed E-state index contributed by atoms with van der Waals surface area (Å²) in [5, 5.41) is 12.1. The van der Waals surface area contributed by atoms with Crippen LogP contribution in [0.3, 0.4) is 0 Å². The minimum atomic E-state index is 0.281. The van der Waals surface area contributed by atoms with E-state index in [-0.39, 0.29) is 6.61 Å². The van der Waals surface area contributed by atoms with Crippen LogP contribution in [0.2, 0.25) is 0 Å². The largest absolute Gasteiger partial charge is 0.396 e. The minimum absolute atomic E-state index is 0.281. The van der Waals surface area contributed by atoms with Crippen molar-refractivity contribution in [1.82, 2.24) is 5.32 Å². The molecule has 1 rings (SSSR count). The van der Waals surface area contributed by atoms with E-state index in [9.17, 15) is 0 Å². The fourth-order valence-electron chi connectivity index (χ4n) is 1.44. The van der Waals surface area contributed by atoms with E-state index in [0.29, 0.717) is 6.04 Å². The van der Waals surface area contributed by atoms with Gasteiger partial charge in [0.1, 0.15) is 0 Å². The van der Waals surface area contributed by atoms with E-state index in [1.54, 1.807) is 0 Å². The zero-order valence-corrected chi connectivity index (χ0v) is 10.6. The summed E-state index contributed by atoms with van der Waals surface area (Å²) in [5.41, 5.74) is 1.28. The number of halogens is 1. The van der Waals surface area contributed by atoms with Crippen LogP contribution in [0.5, 0.6) is 0 Å². The fraction of sp³-hybridized carbons (Fsp3) is 0.500. The highest BCUT2D eigenvalue weighted by Gasteiger charge is 2.00. The van der Waals surface area contributed by atoms with Crippen molar-refractivity contribution in [3.63, 3.8) is 0 Å².